The fraction of sp³-hybridized carbons (Fsp3) is 0.556. The molecule has 0 aliphatic carbocycles. The van der Waals surface area contributed by atoms with E-state index in [1.165, 1.54) is 0 Å². The Morgan fingerprint density at radius 1 is 1.24 bits per heavy atom. The maximum Gasteiger partial charge on any atom is 0.242 e. The van der Waals surface area contributed by atoms with E-state index in [-0.39, 0.29) is 42.0 Å². The van der Waals surface area contributed by atoms with Crippen LogP contribution >= 0.6 is 24.0 Å². The van der Waals surface area contributed by atoms with Crippen LogP contribution in [0, 0.1) is 0 Å². The normalized spacial score (nSPS) is 11.4. The van der Waals surface area contributed by atoms with Crippen LogP contribution in [0.25, 0.3) is 0 Å². The quantitative estimate of drug-likeness (QED) is 0.388. The van der Waals surface area contributed by atoms with E-state index in [9.17, 15) is 4.79 Å². The smallest absolute Gasteiger partial charge is 0.242 e. The summed E-state index contributed by atoms with van der Waals surface area (Å²) in [4.78, 5) is 18.4. The summed E-state index contributed by atoms with van der Waals surface area (Å²) in [6.07, 6.45) is 0. The van der Waals surface area contributed by atoms with Crippen molar-refractivity contribution in [3.63, 3.8) is 0 Å². The van der Waals surface area contributed by atoms with Crippen LogP contribution in [0.1, 0.15) is 33.3 Å². The molecule has 0 saturated carbocycles. The van der Waals surface area contributed by atoms with Crippen molar-refractivity contribution in [2.75, 3.05) is 27.2 Å². The van der Waals surface area contributed by atoms with Crippen molar-refractivity contribution in [3.05, 3.63) is 29.8 Å². The number of rotatable bonds is 6. The minimum absolute atomic E-state index is 0. The lowest BCUT2D eigenvalue weighted by molar-refractivity contribution is -0.121. The van der Waals surface area contributed by atoms with Gasteiger partial charge >= 0.3 is 0 Å². The summed E-state index contributed by atoms with van der Waals surface area (Å²) in [6, 6.07) is 7.91. The number of hydrogen-bond acceptors (Lipinski definition) is 3. The Hall–Kier alpha value is -1.51. The number of hydrogen-bond donors (Lipinski definition) is 2. The zero-order valence-corrected chi connectivity index (χ0v) is 18.4. The van der Waals surface area contributed by atoms with E-state index in [1.54, 1.807) is 7.11 Å². The zero-order valence-electron chi connectivity index (χ0n) is 16.0. The fourth-order valence-corrected chi connectivity index (χ4v) is 2.15. The molecule has 0 aliphatic rings. The number of carbonyl (C=O) groups is 1. The number of amides is 1. The number of benzene rings is 1. The van der Waals surface area contributed by atoms with Gasteiger partial charge in [0.2, 0.25) is 5.91 Å². The molecular formula is C18H31IN4O2. The van der Waals surface area contributed by atoms with Gasteiger partial charge in [0.15, 0.2) is 5.96 Å². The lowest BCUT2D eigenvalue weighted by atomic mass is 10.1. The van der Waals surface area contributed by atoms with Crippen LogP contribution in [0.2, 0.25) is 0 Å². The van der Waals surface area contributed by atoms with Gasteiger partial charge < -0.3 is 20.3 Å². The van der Waals surface area contributed by atoms with E-state index < -0.39 is 0 Å². The molecule has 142 valence electrons. The van der Waals surface area contributed by atoms with Crippen molar-refractivity contribution in [2.24, 2.45) is 4.99 Å². The summed E-state index contributed by atoms with van der Waals surface area (Å²) in [5.74, 6) is 1.45. The Morgan fingerprint density at radius 2 is 1.84 bits per heavy atom. The number of ether oxygens (including phenoxy) is 1. The SMILES string of the molecule is CCNC(=NCC(=O)NC(C)(C)C)N(C)Cc1ccc(OC)cc1.I. The summed E-state index contributed by atoms with van der Waals surface area (Å²) < 4.78 is 5.17. The maximum atomic E-state index is 11.9. The van der Waals surface area contributed by atoms with Gasteiger partial charge in [-0.15, -0.1) is 24.0 Å². The average Bonchev–Trinajstić information content (AvgIpc) is 2.50. The Labute approximate surface area is 168 Å². The van der Waals surface area contributed by atoms with E-state index in [1.807, 2.05) is 63.9 Å². The van der Waals surface area contributed by atoms with Crippen LogP contribution in [-0.4, -0.2) is 49.6 Å². The number of halogens is 1. The molecular weight excluding hydrogens is 431 g/mol. The second-order valence-electron chi connectivity index (χ2n) is 6.67. The first-order valence-corrected chi connectivity index (χ1v) is 8.18. The van der Waals surface area contributed by atoms with E-state index in [4.69, 9.17) is 4.74 Å². The van der Waals surface area contributed by atoms with Crippen molar-refractivity contribution >= 4 is 35.8 Å². The number of nitrogens with one attached hydrogen (secondary N) is 2. The number of carbonyl (C=O) groups excluding carboxylic acids is 1. The van der Waals surface area contributed by atoms with Gasteiger partial charge in [-0.1, -0.05) is 12.1 Å². The molecule has 1 aromatic carbocycles. The van der Waals surface area contributed by atoms with Gasteiger partial charge in [0, 0.05) is 25.7 Å². The second kappa shape index (κ2) is 11.2. The fourth-order valence-electron chi connectivity index (χ4n) is 2.15. The average molecular weight is 462 g/mol. The van der Waals surface area contributed by atoms with Crippen molar-refractivity contribution in [1.29, 1.82) is 0 Å². The largest absolute Gasteiger partial charge is 0.497 e. The predicted molar refractivity (Wildman–Crippen MR) is 114 cm³/mol. The molecule has 2 N–H and O–H groups in total. The van der Waals surface area contributed by atoms with Gasteiger partial charge in [-0.2, -0.15) is 0 Å². The first-order valence-electron chi connectivity index (χ1n) is 8.18. The van der Waals surface area contributed by atoms with Gasteiger partial charge in [0.1, 0.15) is 12.3 Å². The Balaban J connectivity index is 0.00000576. The highest BCUT2D eigenvalue weighted by atomic mass is 127. The number of methoxy groups -OCH3 is 1. The molecule has 1 amide bonds. The number of aliphatic imine (C=N–C) groups is 1. The Bertz CT molecular complexity index is 553. The number of guanidine groups is 1. The van der Waals surface area contributed by atoms with Crippen LogP contribution in [0.15, 0.2) is 29.3 Å². The molecule has 0 heterocycles. The molecule has 0 bridgehead atoms. The van der Waals surface area contributed by atoms with Crippen molar-refractivity contribution in [1.82, 2.24) is 15.5 Å². The molecule has 0 radical (unpaired) electrons. The summed E-state index contributed by atoms with van der Waals surface area (Å²) in [7, 11) is 3.60. The van der Waals surface area contributed by atoms with Gasteiger partial charge in [-0.3, -0.25) is 4.79 Å². The van der Waals surface area contributed by atoms with Crippen LogP contribution < -0.4 is 15.4 Å². The van der Waals surface area contributed by atoms with Crippen LogP contribution in [0.4, 0.5) is 0 Å². The zero-order chi connectivity index (χ0) is 18.2. The third-order valence-corrected chi connectivity index (χ3v) is 3.16. The summed E-state index contributed by atoms with van der Waals surface area (Å²) >= 11 is 0. The lowest BCUT2D eigenvalue weighted by Gasteiger charge is -2.23. The molecule has 0 saturated heterocycles. The van der Waals surface area contributed by atoms with Crippen LogP contribution in [-0.2, 0) is 11.3 Å². The molecule has 25 heavy (non-hydrogen) atoms. The molecule has 0 atom stereocenters. The highest BCUT2D eigenvalue weighted by Gasteiger charge is 2.14. The summed E-state index contributed by atoms with van der Waals surface area (Å²) in [5.41, 5.74) is 0.892. The molecule has 0 spiro atoms. The van der Waals surface area contributed by atoms with Gasteiger partial charge in [-0.05, 0) is 45.4 Å². The monoisotopic (exact) mass is 462 g/mol. The third-order valence-electron chi connectivity index (χ3n) is 3.16. The van der Waals surface area contributed by atoms with E-state index >= 15 is 0 Å². The summed E-state index contributed by atoms with van der Waals surface area (Å²) in [6.45, 7) is 9.41. The van der Waals surface area contributed by atoms with Gasteiger partial charge in [-0.25, -0.2) is 4.99 Å². The standard InChI is InChI=1S/C18H30N4O2.HI/c1-7-19-17(20-12-16(23)21-18(2,3)4)22(5)13-14-8-10-15(24-6)11-9-14;/h8-11H,7,12-13H2,1-6H3,(H,19,20)(H,21,23);1H. The van der Waals surface area contributed by atoms with Gasteiger partial charge in [0.25, 0.3) is 0 Å². The van der Waals surface area contributed by atoms with Crippen molar-refractivity contribution in [2.45, 2.75) is 39.8 Å². The molecule has 1 rings (SSSR count). The molecule has 0 fully saturated rings. The van der Waals surface area contributed by atoms with E-state index in [0.29, 0.717) is 12.5 Å². The Kier molecular flexibility index (Phi) is 10.5. The number of nitrogens with zero attached hydrogens (tertiary/aromatic N) is 2. The lowest BCUT2D eigenvalue weighted by Crippen LogP contribution is -2.43. The predicted octanol–water partition coefficient (Wildman–Crippen LogP) is 2.63. The topological polar surface area (TPSA) is 66.0 Å². The summed E-state index contributed by atoms with van der Waals surface area (Å²) in [5, 5.41) is 6.13. The first-order chi connectivity index (χ1) is 11.2. The van der Waals surface area contributed by atoms with E-state index in [2.05, 4.69) is 15.6 Å². The van der Waals surface area contributed by atoms with Crippen LogP contribution in [0.3, 0.4) is 0 Å². The van der Waals surface area contributed by atoms with Crippen LogP contribution in [0.5, 0.6) is 5.75 Å². The third kappa shape index (κ3) is 9.52. The van der Waals surface area contributed by atoms with Crippen molar-refractivity contribution < 1.29 is 9.53 Å². The molecule has 1 aromatic rings. The van der Waals surface area contributed by atoms with Crippen molar-refractivity contribution in [3.8, 4) is 5.75 Å². The molecule has 6 nitrogen and oxygen atoms in total. The van der Waals surface area contributed by atoms with E-state index in [0.717, 1.165) is 17.9 Å². The molecule has 0 aromatic heterocycles. The first kappa shape index (κ1) is 23.5. The molecule has 0 aliphatic heterocycles. The van der Waals surface area contributed by atoms with Gasteiger partial charge in [0.05, 0.1) is 7.11 Å². The Morgan fingerprint density at radius 3 is 2.32 bits per heavy atom. The minimum atomic E-state index is -0.250. The molecule has 0 unspecified atom stereocenters. The minimum Gasteiger partial charge on any atom is -0.497 e. The highest BCUT2D eigenvalue weighted by molar-refractivity contribution is 14.0. The molecule has 7 heteroatoms. The second-order valence-corrected chi connectivity index (χ2v) is 6.67. The maximum absolute atomic E-state index is 11.9. The highest BCUT2D eigenvalue weighted by Crippen LogP contribution is 2.12.